The lowest BCUT2D eigenvalue weighted by Gasteiger charge is -2.32. The summed E-state index contributed by atoms with van der Waals surface area (Å²) in [6.07, 6.45) is 4.58. The van der Waals surface area contributed by atoms with Crippen molar-refractivity contribution < 1.29 is 19.5 Å². The second-order valence-electron chi connectivity index (χ2n) is 12.9. The Morgan fingerprint density at radius 2 is 1.43 bits per heavy atom. The van der Waals surface area contributed by atoms with Crippen LogP contribution in [0, 0.1) is 0 Å². The summed E-state index contributed by atoms with van der Waals surface area (Å²) in [5.74, 6) is -1.02. The highest BCUT2D eigenvalue weighted by molar-refractivity contribution is 6.00. The first-order valence-electron chi connectivity index (χ1n) is 16.8. The highest BCUT2D eigenvalue weighted by Crippen LogP contribution is 2.28. The molecule has 4 aromatic carbocycles. The van der Waals surface area contributed by atoms with Crippen molar-refractivity contribution in [3.63, 3.8) is 0 Å². The van der Waals surface area contributed by atoms with Gasteiger partial charge in [0.1, 0.15) is 0 Å². The van der Waals surface area contributed by atoms with Crippen LogP contribution >= 0.6 is 0 Å². The maximum Gasteiger partial charge on any atom is 0.335 e. The summed E-state index contributed by atoms with van der Waals surface area (Å²) in [5.41, 5.74) is 3.08. The third-order valence-electron chi connectivity index (χ3n) is 9.79. The molecule has 0 unspecified atom stereocenters. The molecule has 2 amide bonds. The van der Waals surface area contributed by atoms with Gasteiger partial charge in [0.15, 0.2) is 0 Å². The minimum absolute atomic E-state index is 0.0271. The second-order valence-corrected chi connectivity index (χ2v) is 12.9. The Balaban J connectivity index is 1.24. The Labute approximate surface area is 277 Å². The number of hydrogen-bond donors (Lipinski definition) is 2. The molecule has 47 heavy (non-hydrogen) atoms. The third kappa shape index (κ3) is 7.72. The molecular weight excluding hydrogens is 588 g/mol. The van der Waals surface area contributed by atoms with E-state index in [4.69, 9.17) is 0 Å². The van der Waals surface area contributed by atoms with E-state index in [1.807, 2.05) is 47.4 Å². The Kier molecular flexibility index (Phi) is 10.3. The van der Waals surface area contributed by atoms with Gasteiger partial charge < -0.3 is 19.8 Å². The topological polar surface area (TPSA) is 93.2 Å². The summed E-state index contributed by atoms with van der Waals surface area (Å²) >= 11 is 0. The molecule has 2 N–H and O–H groups in total. The van der Waals surface area contributed by atoms with E-state index in [1.165, 1.54) is 30.4 Å². The lowest BCUT2D eigenvalue weighted by molar-refractivity contribution is -0.133. The summed E-state index contributed by atoms with van der Waals surface area (Å²) in [7, 11) is 1.80. The van der Waals surface area contributed by atoms with Crippen molar-refractivity contribution in [3.05, 3.63) is 119 Å². The number of fused-ring (bicyclic) bond motifs is 1. The van der Waals surface area contributed by atoms with Crippen LogP contribution in [0.4, 0.5) is 0 Å². The minimum atomic E-state index is -0.983. The van der Waals surface area contributed by atoms with Crippen molar-refractivity contribution in [2.45, 2.75) is 50.2 Å². The summed E-state index contributed by atoms with van der Waals surface area (Å²) in [6, 6.07) is 30.6. The van der Waals surface area contributed by atoms with Crippen LogP contribution in [0.25, 0.3) is 10.8 Å². The Morgan fingerprint density at radius 1 is 0.830 bits per heavy atom. The zero-order valence-corrected chi connectivity index (χ0v) is 27.1. The monoisotopic (exact) mass is 632 g/mol. The molecule has 2 saturated heterocycles. The van der Waals surface area contributed by atoms with Crippen molar-refractivity contribution >= 4 is 28.6 Å². The molecule has 4 aromatic rings. The number of carbonyl (C=O) groups excluding carboxylic acids is 2. The highest BCUT2D eigenvalue weighted by Gasteiger charge is 2.35. The van der Waals surface area contributed by atoms with E-state index in [1.54, 1.807) is 42.3 Å². The molecule has 8 heteroatoms. The van der Waals surface area contributed by atoms with Crippen LogP contribution in [0.15, 0.2) is 97.1 Å². The lowest BCUT2D eigenvalue weighted by Crippen LogP contribution is -2.53. The average molecular weight is 633 g/mol. The van der Waals surface area contributed by atoms with Gasteiger partial charge in [-0.15, -0.1) is 0 Å². The Morgan fingerprint density at radius 3 is 2.04 bits per heavy atom. The van der Waals surface area contributed by atoms with Gasteiger partial charge in [0.2, 0.25) is 5.91 Å². The molecule has 8 nitrogen and oxygen atoms in total. The molecule has 2 atom stereocenters. The molecule has 2 heterocycles. The van der Waals surface area contributed by atoms with Gasteiger partial charge in [0.05, 0.1) is 17.8 Å². The number of piperidine rings is 1. The Hall–Kier alpha value is -4.53. The van der Waals surface area contributed by atoms with E-state index in [0.717, 1.165) is 30.4 Å². The van der Waals surface area contributed by atoms with Crippen LogP contribution < -0.4 is 5.32 Å². The van der Waals surface area contributed by atoms with Gasteiger partial charge in [-0.05, 0) is 84.9 Å². The van der Waals surface area contributed by atoms with Gasteiger partial charge in [0, 0.05) is 38.2 Å². The number of aromatic carboxylic acids is 1. The van der Waals surface area contributed by atoms with Gasteiger partial charge in [-0.25, -0.2) is 4.79 Å². The highest BCUT2D eigenvalue weighted by atomic mass is 16.4. The van der Waals surface area contributed by atoms with Gasteiger partial charge in [-0.3, -0.25) is 14.9 Å². The molecule has 244 valence electrons. The predicted octanol–water partition coefficient (Wildman–Crippen LogP) is 5.83. The van der Waals surface area contributed by atoms with Gasteiger partial charge in [0.25, 0.3) is 5.91 Å². The lowest BCUT2D eigenvalue weighted by atomic mass is 9.90. The maximum atomic E-state index is 14.3. The first-order valence-corrected chi connectivity index (χ1v) is 16.8. The maximum absolute atomic E-state index is 14.3. The normalized spacial score (nSPS) is 19.1. The molecule has 0 bridgehead atoms. The zero-order valence-electron chi connectivity index (χ0n) is 27.1. The number of amides is 2. The number of rotatable bonds is 10. The number of carboxylic acids is 1. The molecule has 6 rings (SSSR count). The van der Waals surface area contributed by atoms with Crippen LogP contribution in [0.3, 0.4) is 0 Å². The molecule has 2 fully saturated rings. The predicted molar refractivity (Wildman–Crippen MR) is 185 cm³/mol. The zero-order chi connectivity index (χ0) is 32.8. The minimum Gasteiger partial charge on any atom is -0.478 e. The number of likely N-dealkylation sites (tertiary alicyclic amines) is 1. The quantitative estimate of drug-likeness (QED) is 0.229. The molecule has 2 aliphatic heterocycles. The SMILES string of the molecule is CN(C(=O)c1ccc2cc(C(=O)O)ccc2c1)[C@H]1CCN(CC(c2ccccc2)c2ccccc2)C(=O)[C@H](CCN2CCCCC2)N1. The second kappa shape index (κ2) is 14.9. The van der Waals surface area contributed by atoms with Crippen molar-refractivity contribution in [1.29, 1.82) is 0 Å². The first kappa shape index (κ1) is 32.4. The molecule has 0 aromatic heterocycles. The van der Waals surface area contributed by atoms with E-state index < -0.39 is 12.0 Å². The number of carbonyl (C=O) groups is 3. The van der Waals surface area contributed by atoms with E-state index >= 15 is 0 Å². The molecule has 0 aliphatic carbocycles. The van der Waals surface area contributed by atoms with Crippen LogP contribution in [-0.2, 0) is 4.79 Å². The van der Waals surface area contributed by atoms with Gasteiger partial charge in [-0.1, -0.05) is 79.2 Å². The fourth-order valence-electron chi connectivity index (χ4n) is 7.04. The summed E-state index contributed by atoms with van der Waals surface area (Å²) in [6.45, 7) is 4.05. The van der Waals surface area contributed by atoms with Gasteiger partial charge in [-0.2, -0.15) is 0 Å². The fraction of sp³-hybridized carbons (Fsp3) is 0.359. The van der Waals surface area contributed by atoms with Crippen molar-refractivity contribution in [2.24, 2.45) is 0 Å². The standard InChI is InChI=1S/C39H44N4O4/c1-41(37(44)32-17-15-31-26-33(39(46)47)18-16-30(31)25-32)36-20-24-43(38(45)35(40-36)19-23-42-21-9-4-10-22-42)27-34(28-11-5-2-6-12-28)29-13-7-3-8-14-29/h2-3,5-8,11-18,25-26,34-36,40H,4,9-10,19-24,27H2,1H3,(H,46,47)/t35-,36-/m0/s1. The third-order valence-corrected chi connectivity index (χ3v) is 9.79. The van der Waals surface area contributed by atoms with Crippen molar-refractivity contribution in [3.8, 4) is 0 Å². The van der Waals surface area contributed by atoms with E-state index in [0.29, 0.717) is 31.5 Å². The number of hydrogen-bond acceptors (Lipinski definition) is 5. The first-order chi connectivity index (χ1) is 22.9. The summed E-state index contributed by atoms with van der Waals surface area (Å²) < 4.78 is 0. The molecular formula is C39H44N4O4. The number of benzene rings is 4. The van der Waals surface area contributed by atoms with E-state index in [2.05, 4.69) is 34.5 Å². The number of nitrogens with zero attached hydrogens (tertiary/aromatic N) is 3. The molecule has 0 saturated carbocycles. The smallest absolute Gasteiger partial charge is 0.335 e. The van der Waals surface area contributed by atoms with E-state index in [9.17, 15) is 19.5 Å². The van der Waals surface area contributed by atoms with E-state index in [-0.39, 0.29) is 29.5 Å². The molecule has 0 spiro atoms. The average Bonchev–Trinajstić information content (AvgIpc) is 3.27. The van der Waals surface area contributed by atoms with Crippen LogP contribution in [0.2, 0.25) is 0 Å². The summed E-state index contributed by atoms with van der Waals surface area (Å²) in [5, 5.41) is 14.6. The van der Waals surface area contributed by atoms with Crippen LogP contribution in [-0.4, -0.2) is 89.6 Å². The van der Waals surface area contributed by atoms with Gasteiger partial charge >= 0.3 is 5.97 Å². The molecule has 2 aliphatic rings. The number of nitrogens with one attached hydrogen (secondary N) is 1. The summed E-state index contributed by atoms with van der Waals surface area (Å²) in [4.78, 5) is 45.8. The molecule has 0 radical (unpaired) electrons. The van der Waals surface area contributed by atoms with Crippen molar-refractivity contribution in [1.82, 2.24) is 20.0 Å². The fourth-order valence-corrected chi connectivity index (χ4v) is 7.04. The van der Waals surface area contributed by atoms with Crippen LogP contribution in [0.5, 0.6) is 0 Å². The van der Waals surface area contributed by atoms with Crippen molar-refractivity contribution in [2.75, 3.05) is 39.8 Å². The largest absolute Gasteiger partial charge is 0.478 e. The Bertz CT molecular complexity index is 1650. The van der Waals surface area contributed by atoms with Crippen LogP contribution in [0.1, 0.15) is 69.9 Å². The number of carboxylic acid groups (broad SMARTS) is 1.